The van der Waals surface area contributed by atoms with Crippen LogP contribution in [0.25, 0.3) is 0 Å². The van der Waals surface area contributed by atoms with E-state index in [2.05, 4.69) is 5.10 Å². The Morgan fingerprint density at radius 3 is 2.78 bits per heavy atom. The second-order valence-corrected chi connectivity index (χ2v) is 4.62. The van der Waals surface area contributed by atoms with Crippen molar-refractivity contribution in [2.45, 2.75) is 32.9 Å². The van der Waals surface area contributed by atoms with E-state index in [1.165, 1.54) is 0 Å². The van der Waals surface area contributed by atoms with Crippen LogP contribution in [0.15, 0.2) is 0 Å². The molecule has 0 aliphatic carbocycles. The van der Waals surface area contributed by atoms with Crippen LogP contribution in [0, 0.1) is 0 Å². The molecule has 98 valence electrons. The lowest BCUT2D eigenvalue weighted by Gasteiger charge is -2.27. The van der Waals surface area contributed by atoms with Gasteiger partial charge in [-0.2, -0.15) is 5.10 Å². The molecule has 1 aromatic heterocycles. The lowest BCUT2D eigenvalue weighted by Crippen LogP contribution is -2.35. The fourth-order valence-corrected chi connectivity index (χ4v) is 2.11. The van der Waals surface area contributed by atoms with Crippen molar-refractivity contribution in [3.05, 3.63) is 11.3 Å². The minimum absolute atomic E-state index is 0.237. The first-order valence-corrected chi connectivity index (χ1v) is 5.70. The van der Waals surface area contributed by atoms with E-state index in [0.29, 0.717) is 17.8 Å². The first-order chi connectivity index (χ1) is 8.43. The van der Waals surface area contributed by atoms with Gasteiger partial charge in [0.25, 0.3) is 0 Å². The number of hydrogen-bond acceptors (Lipinski definition) is 5. The average molecular weight is 252 g/mol. The monoisotopic (exact) mass is 252 g/mol. The molecule has 0 spiro atoms. The predicted molar refractivity (Wildman–Crippen MR) is 63.7 cm³/mol. The number of nitrogens with zero attached hydrogens (tertiary/aromatic N) is 3. The molecule has 2 N–H and O–H groups in total. The van der Waals surface area contributed by atoms with Gasteiger partial charge in [-0.25, -0.2) is 4.79 Å². The van der Waals surface area contributed by atoms with Crippen molar-refractivity contribution in [1.29, 1.82) is 0 Å². The van der Waals surface area contributed by atoms with Crippen LogP contribution in [0.3, 0.4) is 0 Å². The number of nitrogens with two attached hydrogens (primary N) is 1. The van der Waals surface area contributed by atoms with Gasteiger partial charge in [0.15, 0.2) is 0 Å². The molecule has 0 radical (unpaired) electrons. The number of carbonyl (C=O) groups excluding carboxylic acids is 2. The number of anilines is 1. The molecular weight excluding hydrogens is 236 g/mol. The van der Waals surface area contributed by atoms with Crippen molar-refractivity contribution >= 4 is 18.3 Å². The maximum atomic E-state index is 11.6. The van der Waals surface area contributed by atoms with Gasteiger partial charge in [-0.1, -0.05) is 0 Å². The topological polar surface area (TPSA) is 90.4 Å². The Kier molecular flexibility index (Phi) is 2.76. The second-order valence-electron chi connectivity index (χ2n) is 4.62. The van der Waals surface area contributed by atoms with Crippen molar-refractivity contribution in [2.75, 3.05) is 12.3 Å². The third-order valence-corrected chi connectivity index (χ3v) is 3.22. The van der Waals surface area contributed by atoms with Gasteiger partial charge in [-0.05, 0) is 20.8 Å². The Bertz CT molecular complexity index is 507. The Morgan fingerprint density at radius 2 is 2.28 bits per heavy atom. The summed E-state index contributed by atoms with van der Waals surface area (Å²) in [6, 6.07) is 0. The smallest absolute Gasteiger partial charge is 0.436 e. The van der Waals surface area contributed by atoms with Crippen molar-refractivity contribution in [2.24, 2.45) is 0 Å². The molecule has 7 nitrogen and oxygen atoms in total. The molecule has 0 aromatic carbocycles. The van der Waals surface area contributed by atoms with E-state index in [9.17, 15) is 9.59 Å². The van der Waals surface area contributed by atoms with Gasteiger partial charge in [-0.3, -0.25) is 4.79 Å². The summed E-state index contributed by atoms with van der Waals surface area (Å²) in [5.41, 5.74) is 6.66. The molecule has 0 bridgehead atoms. The second kappa shape index (κ2) is 4.01. The molecule has 0 unspecified atom stereocenters. The van der Waals surface area contributed by atoms with Crippen LogP contribution in [0.1, 0.15) is 32.0 Å². The van der Waals surface area contributed by atoms with Gasteiger partial charge < -0.3 is 15.4 Å². The van der Waals surface area contributed by atoms with E-state index in [0.717, 1.165) is 11.1 Å². The van der Waals surface area contributed by atoms with Gasteiger partial charge in [-0.15, -0.1) is 4.68 Å². The number of ether oxygens (including phenoxy) is 1. The van der Waals surface area contributed by atoms with Gasteiger partial charge in [0.05, 0.1) is 24.4 Å². The van der Waals surface area contributed by atoms with Crippen LogP contribution in [0.2, 0.25) is 0 Å². The van der Waals surface area contributed by atoms with Gasteiger partial charge in [0.2, 0.25) is 6.41 Å². The van der Waals surface area contributed by atoms with Crippen LogP contribution in [0.4, 0.5) is 10.6 Å². The van der Waals surface area contributed by atoms with Crippen molar-refractivity contribution < 1.29 is 14.3 Å². The highest BCUT2D eigenvalue weighted by Gasteiger charge is 2.42. The van der Waals surface area contributed by atoms with Crippen molar-refractivity contribution in [3.8, 4) is 0 Å². The van der Waals surface area contributed by atoms with Crippen molar-refractivity contribution in [3.63, 3.8) is 0 Å². The number of hydrogen-bond donors (Lipinski definition) is 1. The Balaban J connectivity index is 2.44. The molecule has 1 aliphatic heterocycles. The normalized spacial score (nSPS) is 16.5. The Morgan fingerprint density at radius 1 is 1.61 bits per heavy atom. The molecular formula is C11H16N4O3. The van der Waals surface area contributed by atoms with E-state index in [4.69, 9.17) is 10.5 Å². The fourth-order valence-electron chi connectivity index (χ4n) is 2.11. The summed E-state index contributed by atoms with van der Waals surface area (Å²) < 4.78 is 5.92. The standard InChI is InChI=1S/C11H16N4O3/c1-4-18-10(17)15-9(12)7-5-14(6-16)11(2,3)8(7)13-15/h6H,4-5,12H2,1-3H3. The lowest BCUT2D eigenvalue weighted by molar-refractivity contribution is -0.122. The van der Waals surface area contributed by atoms with Gasteiger partial charge >= 0.3 is 6.09 Å². The molecule has 0 fully saturated rings. The maximum absolute atomic E-state index is 11.6. The highest BCUT2D eigenvalue weighted by molar-refractivity contribution is 5.75. The molecule has 0 saturated heterocycles. The zero-order valence-electron chi connectivity index (χ0n) is 10.6. The number of rotatable bonds is 2. The van der Waals surface area contributed by atoms with E-state index in [-0.39, 0.29) is 12.4 Å². The predicted octanol–water partition coefficient (Wildman–Crippen LogP) is 0.677. The van der Waals surface area contributed by atoms with E-state index >= 15 is 0 Å². The zero-order chi connectivity index (χ0) is 13.5. The number of carbonyl (C=O) groups is 2. The SMILES string of the molecule is CCOC(=O)n1nc2c(c1N)CN(C=O)C2(C)C. The van der Waals surface area contributed by atoms with Crippen molar-refractivity contribution in [1.82, 2.24) is 14.7 Å². The average Bonchev–Trinajstić information content (AvgIpc) is 2.76. The van der Waals surface area contributed by atoms with Crippen LogP contribution in [-0.2, 0) is 21.6 Å². The van der Waals surface area contributed by atoms with E-state index in [1.54, 1.807) is 11.8 Å². The minimum Gasteiger partial charge on any atom is -0.448 e. The highest BCUT2D eigenvalue weighted by atomic mass is 16.6. The van der Waals surface area contributed by atoms with Crippen LogP contribution in [-0.4, -0.2) is 33.8 Å². The molecule has 0 atom stereocenters. The summed E-state index contributed by atoms with van der Waals surface area (Å²) in [5, 5.41) is 4.18. The van der Waals surface area contributed by atoms with Gasteiger partial charge in [0, 0.05) is 5.56 Å². The third kappa shape index (κ3) is 1.54. The first kappa shape index (κ1) is 12.4. The fraction of sp³-hybridized carbons (Fsp3) is 0.545. The molecule has 1 aromatic rings. The molecule has 1 amide bonds. The van der Waals surface area contributed by atoms with Crippen LogP contribution < -0.4 is 5.73 Å². The molecule has 1 aliphatic rings. The maximum Gasteiger partial charge on any atom is 0.436 e. The van der Waals surface area contributed by atoms with E-state index in [1.807, 2.05) is 13.8 Å². The van der Waals surface area contributed by atoms with Gasteiger partial charge in [0.1, 0.15) is 5.82 Å². The number of aromatic nitrogens is 2. The zero-order valence-corrected chi connectivity index (χ0v) is 10.6. The first-order valence-electron chi connectivity index (χ1n) is 5.70. The Hall–Kier alpha value is -2.05. The third-order valence-electron chi connectivity index (χ3n) is 3.22. The summed E-state index contributed by atoms with van der Waals surface area (Å²) in [4.78, 5) is 24.2. The summed E-state index contributed by atoms with van der Waals surface area (Å²) in [5.74, 6) is 0.237. The minimum atomic E-state index is -0.599. The highest BCUT2D eigenvalue weighted by Crippen LogP contribution is 2.39. The Labute approximate surface area is 104 Å². The number of amides is 1. The summed E-state index contributed by atoms with van der Waals surface area (Å²) in [6.45, 7) is 6.04. The van der Waals surface area contributed by atoms with E-state index < -0.39 is 11.6 Å². The summed E-state index contributed by atoms with van der Waals surface area (Å²) in [6.07, 6.45) is 0.161. The summed E-state index contributed by atoms with van der Waals surface area (Å²) >= 11 is 0. The lowest BCUT2D eigenvalue weighted by atomic mass is 10.0. The summed E-state index contributed by atoms with van der Waals surface area (Å²) in [7, 11) is 0. The molecule has 18 heavy (non-hydrogen) atoms. The largest absolute Gasteiger partial charge is 0.448 e. The molecule has 2 heterocycles. The molecule has 2 rings (SSSR count). The number of fused-ring (bicyclic) bond motifs is 1. The molecule has 0 saturated carbocycles. The number of nitrogen functional groups attached to an aromatic ring is 1. The quantitative estimate of drug-likeness (QED) is 0.781. The molecule has 7 heteroatoms. The van der Waals surface area contributed by atoms with Crippen LogP contribution in [0.5, 0.6) is 0 Å². The van der Waals surface area contributed by atoms with Crippen LogP contribution >= 0.6 is 0 Å².